The van der Waals surface area contributed by atoms with Crippen LogP contribution in [-0.2, 0) is 11.8 Å². The van der Waals surface area contributed by atoms with Crippen molar-refractivity contribution in [1.29, 1.82) is 0 Å². The van der Waals surface area contributed by atoms with Crippen molar-refractivity contribution >= 4 is 0 Å². The van der Waals surface area contributed by atoms with Crippen molar-refractivity contribution in [3.05, 3.63) is 29.6 Å². The van der Waals surface area contributed by atoms with Gasteiger partial charge in [-0.2, -0.15) is 13.2 Å². The van der Waals surface area contributed by atoms with E-state index in [0.717, 1.165) is 6.20 Å². The first-order valence-corrected chi connectivity index (χ1v) is 5.39. The van der Waals surface area contributed by atoms with E-state index in [2.05, 4.69) is 10.3 Å². The predicted molar refractivity (Wildman–Crippen MR) is 55.2 cm³/mol. The molecule has 2 rings (SSSR count). The fraction of sp³-hybridized carbons (Fsp3) is 0.545. The number of halogens is 3. The van der Waals surface area contributed by atoms with Crippen LogP contribution in [0.1, 0.15) is 24.1 Å². The Hall–Kier alpha value is -1.14. The molecule has 0 amide bonds. The lowest BCUT2D eigenvalue weighted by Crippen LogP contribution is -2.41. The minimum Gasteiger partial charge on any atom is -0.385 e. The Kier molecular flexibility index (Phi) is 3.09. The average Bonchev–Trinajstić information content (AvgIpc) is 2.29. The maximum absolute atomic E-state index is 12.8. The third-order valence-electron chi connectivity index (χ3n) is 3.01. The van der Waals surface area contributed by atoms with Crippen molar-refractivity contribution in [1.82, 2.24) is 10.3 Å². The van der Waals surface area contributed by atoms with Gasteiger partial charge >= 0.3 is 6.18 Å². The van der Waals surface area contributed by atoms with Gasteiger partial charge in [-0.15, -0.1) is 0 Å². The number of piperidine rings is 1. The number of hydrogen-bond donors (Lipinski definition) is 2. The van der Waals surface area contributed by atoms with Crippen LogP contribution in [0.25, 0.3) is 0 Å². The number of rotatable bonds is 1. The molecule has 1 aliphatic rings. The third-order valence-corrected chi connectivity index (χ3v) is 3.01. The highest BCUT2D eigenvalue weighted by Crippen LogP contribution is 2.38. The number of hydrogen-bond acceptors (Lipinski definition) is 3. The van der Waals surface area contributed by atoms with Crippen molar-refractivity contribution < 1.29 is 18.3 Å². The first kappa shape index (κ1) is 12.3. The highest BCUT2D eigenvalue weighted by atomic mass is 19.4. The van der Waals surface area contributed by atoms with Crippen LogP contribution in [-0.4, -0.2) is 23.2 Å². The molecule has 3 nitrogen and oxygen atoms in total. The summed E-state index contributed by atoms with van der Waals surface area (Å²) in [5, 5.41) is 13.3. The summed E-state index contributed by atoms with van der Waals surface area (Å²) >= 11 is 0. The molecule has 1 aromatic rings. The molecule has 2 heterocycles. The highest BCUT2D eigenvalue weighted by Gasteiger charge is 2.42. The van der Waals surface area contributed by atoms with Gasteiger partial charge in [0.15, 0.2) is 0 Å². The molecule has 0 aliphatic carbocycles. The summed E-state index contributed by atoms with van der Waals surface area (Å²) in [5.74, 6) is 0. The van der Waals surface area contributed by atoms with Gasteiger partial charge < -0.3 is 10.4 Å². The molecule has 1 saturated heterocycles. The van der Waals surface area contributed by atoms with E-state index in [1.807, 2.05) is 0 Å². The lowest BCUT2D eigenvalue weighted by Gasteiger charge is -2.34. The summed E-state index contributed by atoms with van der Waals surface area (Å²) in [6.07, 6.45) is -2.91. The quantitative estimate of drug-likeness (QED) is 0.792. The van der Waals surface area contributed by atoms with E-state index in [9.17, 15) is 18.3 Å². The molecule has 2 N–H and O–H groups in total. The molecule has 0 bridgehead atoms. The van der Waals surface area contributed by atoms with Gasteiger partial charge in [-0.25, -0.2) is 0 Å². The molecule has 0 aromatic carbocycles. The molecule has 1 aliphatic heterocycles. The van der Waals surface area contributed by atoms with Crippen LogP contribution in [0.15, 0.2) is 18.3 Å². The summed E-state index contributed by atoms with van der Waals surface area (Å²) in [7, 11) is 0. The van der Waals surface area contributed by atoms with Gasteiger partial charge in [0.2, 0.25) is 0 Å². The van der Waals surface area contributed by atoms with E-state index in [4.69, 9.17) is 0 Å². The Labute approximate surface area is 96.7 Å². The number of pyridine rings is 1. The van der Waals surface area contributed by atoms with Gasteiger partial charge in [0.1, 0.15) is 5.69 Å². The van der Waals surface area contributed by atoms with E-state index < -0.39 is 17.5 Å². The lowest BCUT2D eigenvalue weighted by atomic mass is 9.84. The summed E-state index contributed by atoms with van der Waals surface area (Å²) in [6.45, 7) is 1.01. The van der Waals surface area contributed by atoms with Crippen LogP contribution in [0.2, 0.25) is 0 Å². The Balaban J connectivity index is 2.44. The maximum atomic E-state index is 12.8. The summed E-state index contributed by atoms with van der Waals surface area (Å²) in [5.41, 5.74) is -2.52. The van der Waals surface area contributed by atoms with E-state index in [0.29, 0.717) is 13.1 Å². The van der Waals surface area contributed by atoms with Gasteiger partial charge in [-0.3, -0.25) is 4.98 Å². The maximum Gasteiger partial charge on any atom is 0.433 e. The van der Waals surface area contributed by atoms with Crippen LogP contribution < -0.4 is 5.32 Å². The minimum atomic E-state index is -4.53. The van der Waals surface area contributed by atoms with Crippen LogP contribution in [0.3, 0.4) is 0 Å². The van der Waals surface area contributed by atoms with Gasteiger partial charge in [-0.05, 0) is 32.0 Å². The predicted octanol–water partition coefficient (Wildman–Crippen LogP) is 1.67. The zero-order valence-electron chi connectivity index (χ0n) is 9.09. The number of nitrogens with zero attached hydrogens (tertiary/aromatic N) is 1. The number of alkyl halides is 3. The fourth-order valence-electron chi connectivity index (χ4n) is 2.12. The largest absolute Gasteiger partial charge is 0.433 e. The average molecular weight is 246 g/mol. The molecular formula is C11H13F3N2O. The number of nitrogens with one attached hydrogen (secondary N) is 1. The van der Waals surface area contributed by atoms with E-state index >= 15 is 0 Å². The molecule has 0 radical (unpaired) electrons. The van der Waals surface area contributed by atoms with E-state index in [-0.39, 0.29) is 18.4 Å². The molecule has 6 heteroatoms. The van der Waals surface area contributed by atoms with Crippen molar-refractivity contribution in [3.8, 4) is 0 Å². The lowest BCUT2D eigenvalue weighted by molar-refractivity contribution is -0.145. The molecule has 1 fully saturated rings. The SMILES string of the molecule is OC1(c2cccnc2C(F)(F)F)CCNCC1. The Morgan fingerprint density at radius 1 is 1.29 bits per heavy atom. The van der Waals surface area contributed by atoms with E-state index in [1.54, 1.807) is 0 Å². The van der Waals surface area contributed by atoms with Crippen molar-refractivity contribution in [2.45, 2.75) is 24.6 Å². The molecular weight excluding hydrogens is 233 g/mol. The summed E-state index contributed by atoms with van der Waals surface area (Å²) in [6, 6.07) is 2.73. The molecule has 1 aromatic heterocycles. The van der Waals surface area contributed by atoms with Gasteiger partial charge in [0.05, 0.1) is 5.60 Å². The Morgan fingerprint density at radius 2 is 1.94 bits per heavy atom. The molecule has 0 atom stereocenters. The van der Waals surface area contributed by atoms with Gasteiger partial charge in [0.25, 0.3) is 0 Å². The normalized spacial score (nSPS) is 20.2. The molecule has 17 heavy (non-hydrogen) atoms. The second-order valence-electron chi connectivity index (χ2n) is 4.18. The summed E-state index contributed by atoms with van der Waals surface area (Å²) < 4.78 is 38.4. The van der Waals surface area contributed by atoms with Crippen molar-refractivity contribution in [3.63, 3.8) is 0 Å². The smallest absolute Gasteiger partial charge is 0.385 e. The van der Waals surface area contributed by atoms with Crippen molar-refractivity contribution in [2.75, 3.05) is 13.1 Å². The minimum absolute atomic E-state index is 0.117. The second-order valence-corrected chi connectivity index (χ2v) is 4.18. The first-order chi connectivity index (χ1) is 7.93. The second kappa shape index (κ2) is 4.27. The monoisotopic (exact) mass is 246 g/mol. The molecule has 0 spiro atoms. The first-order valence-electron chi connectivity index (χ1n) is 5.39. The molecule has 0 saturated carbocycles. The Bertz CT molecular complexity index is 400. The number of aromatic nitrogens is 1. The summed E-state index contributed by atoms with van der Waals surface area (Å²) in [4.78, 5) is 3.36. The standard InChI is InChI=1S/C11H13F3N2O/c12-11(13,14)9-8(2-1-5-16-9)10(17)3-6-15-7-4-10/h1-2,5,15,17H,3-4,6-7H2. The van der Waals surface area contributed by atoms with Crippen LogP contribution in [0.4, 0.5) is 13.2 Å². The van der Waals surface area contributed by atoms with Crippen LogP contribution in [0.5, 0.6) is 0 Å². The number of aliphatic hydroxyl groups is 1. The topological polar surface area (TPSA) is 45.2 Å². The van der Waals surface area contributed by atoms with Gasteiger partial charge in [0, 0.05) is 11.8 Å². The fourth-order valence-corrected chi connectivity index (χ4v) is 2.12. The molecule has 94 valence electrons. The van der Waals surface area contributed by atoms with Crippen LogP contribution in [0, 0.1) is 0 Å². The Morgan fingerprint density at radius 3 is 2.53 bits per heavy atom. The van der Waals surface area contributed by atoms with Crippen LogP contribution >= 0.6 is 0 Å². The zero-order valence-corrected chi connectivity index (χ0v) is 9.09. The van der Waals surface area contributed by atoms with Gasteiger partial charge in [-0.1, -0.05) is 6.07 Å². The third kappa shape index (κ3) is 2.42. The van der Waals surface area contributed by atoms with Crippen molar-refractivity contribution in [2.24, 2.45) is 0 Å². The highest BCUT2D eigenvalue weighted by molar-refractivity contribution is 5.29. The van der Waals surface area contributed by atoms with E-state index in [1.165, 1.54) is 12.1 Å². The molecule has 0 unspecified atom stereocenters. The zero-order chi connectivity index (χ0) is 12.5.